The number of carboxylic acid groups (broad SMARTS) is 4. The predicted molar refractivity (Wildman–Crippen MR) is 515 cm³/mol. The van der Waals surface area contributed by atoms with E-state index >= 15 is 0 Å². The molecule has 12 atom stereocenters. The highest BCUT2D eigenvalue weighted by atomic mass is 16.4. The second-order valence-electron chi connectivity index (χ2n) is 37.4. The van der Waals surface area contributed by atoms with Gasteiger partial charge < -0.3 is 115 Å². The highest BCUT2D eigenvalue weighted by Gasteiger charge is 2.36. The number of aliphatic hydroxyl groups is 8. The van der Waals surface area contributed by atoms with Gasteiger partial charge in [0.15, 0.2) is 40.5 Å². The molecule has 0 aromatic heterocycles. The summed E-state index contributed by atoms with van der Waals surface area (Å²) in [5.41, 5.74) is 4.72. The van der Waals surface area contributed by atoms with Crippen molar-refractivity contribution in [3.63, 3.8) is 0 Å². The highest BCUT2D eigenvalue weighted by Crippen LogP contribution is 2.23. The third-order valence-electron chi connectivity index (χ3n) is 24.6. The highest BCUT2D eigenvalue weighted by molar-refractivity contribution is 5.99. The quantitative estimate of drug-likeness (QED) is 0.0373. The van der Waals surface area contributed by atoms with Gasteiger partial charge in [0.25, 0.3) is 0 Å². The normalized spacial score (nSPS) is 13.9. The van der Waals surface area contributed by atoms with Gasteiger partial charge in [0.2, 0.25) is 41.4 Å². The Morgan fingerprint density at radius 1 is 0.252 bits per heavy atom. The van der Waals surface area contributed by atoms with Crippen molar-refractivity contribution in [3.8, 4) is 0 Å². The number of amides is 7. The summed E-state index contributed by atoms with van der Waals surface area (Å²) in [4.78, 5) is 292. The first-order chi connectivity index (χ1) is 67.8. The van der Waals surface area contributed by atoms with Crippen LogP contribution in [0, 0.1) is 35.5 Å². The van der Waals surface area contributed by atoms with Gasteiger partial charge >= 0.3 is 23.9 Å². The van der Waals surface area contributed by atoms with Gasteiger partial charge in [-0.2, -0.15) is 0 Å². The number of rotatable bonds is 96. The number of carbonyl (C=O) groups excluding carboxylic acids is 19. The molecule has 0 aliphatic rings. The number of carbonyl (C=O) groups is 23. The van der Waals surface area contributed by atoms with E-state index in [2.05, 4.69) is 47.9 Å². The maximum absolute atomic E-state index is 13.7. The van der Waals surface area contributed by atoms with Crippen molar-refractivity contribution >= 4 is 135 Å². The number of nitrogens with two attached hydrogens (primary N) is 1. The smallest absolute Gasteiger partial charge is 0.326 e. The Morgan fingerprint density at radius 2 is 0.601 bits per heavy atom. The van der Waals surface area contributed by atoms with Crippen LogP contribution < -0.4 is 53.6 Å². The molecule has 143 heavy (non-hydrogen) atoms. The second-order valence-corrected chi connectivity index (χ2v) is 37.4. The molecule has 45 nitrogen and oxygen atoms in total. The Bertz CT molecular complexity index is 4010. The van der Waals surface area contributed by atoms with E-state index in [1.807, 2.05) is 0 Å². The fourth-order valence-electron chi connectivity index (χ4n) is 15.3. The summed E-state index contributed by atoms with van der Waals surface area (Å²) in [5, 5.41) is 139. The minimum Gasteiger partial charge on any atom is -0.481 e. The van der Waals surface area contributed by atoms with Crippen LogP contribution in [0.4, 0.5) is 0 Å². The fraction of sp³-hybridized carbons (Fsp3) is 0.765. The van der Waals surface area contributed by atoms with Gasteiger partial charge in [-0.15, -0.1) is 0 Å². The van der Waals surface area contributed by atoms with Gasteiger partial charge in [-0.3, -0.25) is 105 Å². The van der Waals surface area contributed by atoms with Crippen LogP contribution in [0.5, 0.6) is 0 Å². The molecule has 23 N–H and O–H groups in total. The number of aliphatic carboxylic acids is 4. The Morgan fingerprint density at radius 3 is 1.04 bits per heavy atom. The number of nitrogens with one attached hydrogen (secondary N) is 9. The lowest BCUT2D eigenvalue weighted by molar-refractivity contribution is -0.144. The molecule has 814 valence electrons. The largest absolute Gasteiger partial charge is 0.481 e. The third-order valence-corrected chi connectivity index (χ3v) is 24.6. The van der Waals surface area contributed by atoms with Gasteiger partial charge in [-0.05, 0) is 91.4 Å². The van der Waals surface area contributed by atoms with Crippen molar-refractivity contribution < 1.29 is 172 Å². The van der Waals surface area contributed by atoms with Crippen molar-refractivity contribution in [1.29, 1.82) is 0 Å². The molecule has 0 unspecified atom stereocenters. The molecule has 0 aliphatic heterocycles. The Labute approximate surface area is 835 Å². The molecular weight excluding hydrogens is 1880 g/mol. The van der Waals surface area contributed by atoms with Crippen LogP contribution >= 0.6 is 0 Å². The van der Waals surface area contributed by atoms with Crippen molar-refractivity contribution in [2.24, 2.45) is 41.2 Å². The van der Waals surface area contributed by atoms with Crippen LogP contribution in [0.15, 0.2) is 0 Å². The Kier molecular flexibility index (Phi) is 73.5. The van der Waals surface area contributed by atoms with E-state index in [0.29, 0.717) is 51.4 Å². The molecule has 0 spiro atoms. The van der Waals surface area contributed by atoms with Crippen LogP contribution in [0.2, 0.25) is 0 Å². The van der Waals surface area contributed by atoms with Crippen molar-refractivity contribution in [3.05, 3.63) is 0 Å². The zero-order valence-electron chi connectivity index (χ0n) is 83.5. The van der Waals surface area contributed by atoms with Gasteiger partial charge in [-0.25, -0.2) is 4.79 Å². The number of hydrogen-bond donors (Lipinski definition) is 22. The molecule has 0 aromatic carbocycles. The number of unbranched alkanes of at least 4 members (excludes halogenated alkanes) is 21. The van der Waals surface area contributed by atoms with Crippen LogP contribution in [0.25, 0.3) is 0 Å². The van der Waals surface area contributed by atoms with Crippen LogP contribution in [0.1, 0.15) is 316 Å². The summed E-state index contributed by atoms with van der Waals surface area (Å²) in [5.74, 6) is -26.3. The summed E-state index contributed by atoms with van der Waals surface area (Å²) in [6, 6.07) is -8.06. The van der Waals surface area contributed by atoms with E-state index in [4.69, 9.17) is 15.9 Å². The molecule has 0 aromatic rings. The molecular formula is C98H162N10O35. The third kappa shape index (κ3) is 64.3. The van der Waals surface area contributed by atoms with E-state index < -0.39 is 331 Å². The number of aliphatic hydroxyl groups excluding tert-OH is 8. The van der Waals surface area contributed by atoms with Crippen molar-refractivity contribution in [1.82, 2.24) is 47.9 Å². The predicted octanol–water partition coefficient (Wildman–Crippen LogP) is 0.696. The second kappa shape index (κ2) is 79.1. The van der Waals surface area contributed by atoms with Gasteiger partial charge in [0.1, 0.15) is 53.1 Å². The van der Waals surface area contributed by atoms with Crippen LogP contribution in [-0.2, 0) is 110 Å². The Hall–Kier alpha value is -10.2. The van der Waals surface area contributed by atoms with Gasteiger partial charge in [-0.1, -0.05) is 116 Å². The van der Waals surface area contributed by atoms with Crippen molar-refractivity contribution in [2.75, 3.05) is 85.6 Å². The molecule has 0 rings (SSSR count). The van der Waals surface area contributed by atoms with Gasteiger partial charge in [0, 0.05) is 122 Å². The molecule has 0 fully saturated rings. The first kappa shape index (κ1) is 133. The molecule has 0 heterocycles. The zero-order chi connectivity index (χ0) is 108. The molecule has 0 saturated carbocycles. The van der Waals surface area contributed by atoms with Crippen molar-refractivity contribution in [2.45, 2.75) is 358 Å². The maximum Gasteiger partial charge on any atom is 0.326 e. The van der Waals surface area contributed by atoms with Crippen LogP contribution in [-0.4, -0.2) is 323 Å². The molecule has 7 amide bonds. The maximum atomic E-state index is 13.7. The average molecular weight is 2040 g/mol. The zero-order valence-corrected chi connectivity index (χ0v) is 83.5. The first-order valence-corrected chi connectivity index (χ1v) is 50.1. The number of Topliss-reactive ketones (excluding diaryl/α,β-unsaturated/α-hetero) is 12. The number of ketones is 12. The lowest BCUT2D eigenvalue weighted by atomic mass is 9.90. The molecule has 45 heteroatoms. The summed E-state index contributed by atoms with van der Waals surface area (Å²) in [7, 11) is 0. The molecule has 0 aliphatic carbocycles. The first-order valence-electron chi connectivity index (χ1n) is 50.1. The lowest BCUT2D eigenvalue weighted by Crippen LogP contribution is -2.51. The van der Waals surface area contributed by atoms with E-state index in [-0.39, 0.29) is 108 Å². The summed E-state index contributed by atoms with van der Waals surface area (Å²) in [6.07, 6.45) is 12.8. The summed E-state index contributed by atoms with van der Waals surface area (Å²) >= 11 is 0. The minimum atomic E-state index is -1.64. The molecule has 0 saturated heterocycles. The van der Waals surface area contributed by atoms with E-state index in [1.54, 1.807) is 0 Å². The van der Waals surface area contributed by atoms with E-state index in [0.717, 1.165) is 103 Å². The standard InChI is InChI=1S/C98H162N10O35/c1-63(117)75(31-23-20-22-30-73(121)51-103-93(137)69(59-113)50-84(126)80(62-116)106-89(131)43-41-82(124)79(61-115)107-94(138)66(56-110)47-71(119)37-36-64(96(140)141)45-70(118)29-21-16-12-8-4-6-10-14-18-25-34-90(132)133)101-53-85(127)76(102-54-86(128)98(2,3)99)32-27-28-44-100-87(129)42-40-81(123)78(60-114)108-95(139)67(57-111)48-74(122)52-104-92(136)68(58-112)49-83(125)65(55-109)46-72(120)38-39-77(97(142)143)105-88(130)33-24-17-13-9-5-7-11-15-19-26-35-91(134)135/h64-69,75-80,101-102,109-116H,4-62,99H2,1-3H3,(H,100,129)(H,103,137)(H,104,136)(H,105,130)(H,106,131)(H,107,138)(H,108,139)(H,132,133)(H,134,135)(H,140,141)(H,142,143)/t64-,65+,66+,67+,68+,69+,75+,76+,77+,78+,79+,80+/m1/s1. The average Bonchev–Trinajstić information content (AvgIpc) is 0.890. The topological polar surface area (TPSA) is 770 Å². The van der Waals surface area contributed by atoms with E-state index in [1.165, 1.54) is 20.8 Å². The fourth-order valence-corrected chi connectivity index (χ4v) is 15.3. The summed E-state index contributed by atoms with van der Waals surface area (Å²) in [6.45, 7) is -5.08. The summed E-state index contributed by atoms with van der Waals surface area (Å²) < 4.78 is 0. The molecule has 0 bridgehead atoms. The van der Waals surface area contributed by atoms with Gasteiger partial charge in [0.05, 0.1) is 126 Å². The molecule has 0 radical (unpaired) electrons. The number of carboxylic acids is 4. The minimum absolute atomic E-state index is 0.0454. The van der Waals surface area contributed by atoms with E-state index in [9.17, 15) is 161 Å². The monoisotopic (exact) mass is 2040 g/mol. The van der Waals surface area contributed by atoms with Crippen LogP contribution in [0.3, 0.4) is 0 Å². The SMILES string of the molecule is CC(=O)[C@H](CCCCCC(=O)CNC(=O)[C@H](CO)CC(=O)[C@H](CO)NC(=O)CCC(=O)[C@H](CO)NC(=O)[C@H](CO)CC(=O)CC[C@H](CC(=O)CCCCCCCCCCCCC(=O)O)C(=O)O)NCC(=O)[C@H](CCCCNC(=O)CCC(=O)[C@H](CO)NC(=O)[C@H](CO)CC(=O)CNC(=O)[C@H](CO)CC(=O)[C@H](CO)CC(=O)CC[C@H](NC(=O)CCCCCCCCCCCCC(=O)O)C(=O)O)NCC(=O)C(C)(C)N. The number of hydrogen-bond acceptors (Lipinski definition) is 34. The lowest BCUT2D eigenvalue weighted by Gasteiger charge is -2.23. The Balaban J connectivity index is 5.16.